The van der Waals surface area contributed by atoms with Crippen LogP contribution in [0.3, 0.4) is 0 Å². The van der Waals surface area contributed by atoms with Gasteiger partial charge in [0.15, 0.2) is 0 Å². The Balaban J connectivity index is 1.85. The number of rotatable bonds is 6. The molecule has 1 unspecified atom stereocenters. The monoisotopic (exact) mass is 408 g/mol. The molecule has 3 rings (SSSR count). The third-order valence-electron chi connectivity index (χ3n) is 4.22. The topological polar surface area (TPSA) is 9.23 Å². The Morgan fingerprint density at radius 1 is 0.900 bits per heavy atom. The second-order valence-corrected chi connectivity index (χ2v) is 7.43. The van der Waals surface area contributed by atoms with E-state index in [2.05, 4.69) is 47.9 Å². The maximum atomic E-state index is 6.06. The molecular weight excluding hydrogens is 384 g/mol. The molecule has 3 aromatic rings. The van der Waals surface area contributed by atoms with Gasteiger partial charge in [0.1, 0.15) is 6.10 Å². The third-order valence-corrected chi connectivity index (χ3v) is 5.12. The molecule has 0 aliphatic carbocycles. The molecule has 0 aliphatic heterocycles. The van der Waals surface area contributed by atoms with Crippen LogP contribution in [-0.2, 0) is 4.74 Å². The van der Waals surface area contributed by atoms with E-state index in [1.54, 1.807) is 11.8 Å². The lowest BCUT2D eigenvalue weighted by Crippen LogP contribution is -2.07. The molecule has 0 radical (unpaired) electrons. The Labute approximate surface area is 184 Å². The van der Waals surface area contributed by atoms with Crippen molar-refractivity contribution in [3.8, 4) is 23.7 Å². The van der Waals surface area contributed by atoms with Crippen molar-refractivity contribution in [2.45, 2.75) is 17.9 Å². The molecule has 0 aliphatic rings. The fourth-order valence-corrected chi connectivity index (χ4v) is 3.49. The quantitative estimate of drug-likeness (QED) is 0.338. The standard InChI is InChI=1S/C28H24OS/c1-2-29-28(25-17-8-4-9-18-25)26(19-12-16-24-14-6-3-7-15-24)20-13-23-30-27-21-10-5-11-22-27/h3-11,14-15,17-19,21-22,28H,2,23H2,1H3/b26-19+. The summed E-state index contributed by atoms with van der Waals surface area (Å²) in [7, 11) is 0. The van der Waals surface area contributed by atoms with Gasteiger partial charge in [-0.3, -0.25) is 0 Å². The molecule has 0 amide bonds. The summed E-state index contributed by atoms with van der Waals surface area (Å²) in [6.45, 7) is 2.60. The summed E-state index contributed by atoms with van der Waals surface area (Å²) in [6, 6.07) is 30.5. The fraction of sp³-hybridized carbons (Fsp3) is 0.143. The van der Waals surface area contributed by atoms with Crippen molar-refractivity contribution in [3.63, 3.8) is 0 Å². The van der Waals surface area contributed by atoms with Crippen molar-refractivity contribution in [3.05, 3.63) is 114 Å². The molecule has 0 heterocycles. The highest BCUT2D eigenvalue weighted by molar-refractivity contribution is 7.99. The van der Waals surface area contributed by atoms with Gasteiger partial charge in [0.05, 0.1) is 5.75 Å². The predicted octanol–water partition coefficient (Wildman–Crippen LogP) is 6.54. The van der Waals surface area contributed by atoms with Crippen LogP contribution < -0.4 is 0 Å². The van der Waals surface area contributed by atoms with Gasteiger partial charge in [0.2, 0.25) is 0 Å². The summed E-state index contributed by atoms with van der Waals surface area (Å²) >= 11 is 1.73. The second kappa shape index (κ2) is 12.4. The van der Waals surface area contributed by atoms with Gasteiger partial charge in [-0.25, -0.2) is 0 Å². The van der Waals surface area contributed by atoms with Crippen molar-refractivity contribution in [1.29, 1.82) is 0 Å². The van der Waals surface area contributed by atoms with Crippen molar-refractivity contribution in [2.75, 3.05) is 12.4 Å². The third kappa shape index (κ3) is 7.02. The minimum atomic E-state index is -0.226. The Bertz CT molecular complexity index is 1050. The van der Waals surface area contributed by atoms with Crippen LogP contribution in [0.4, 0.5) is 0 Å². The van der Waals surface area contributed by atoms with E-state index in [0.717, 1.165) is 16.7 Å². The van der Waals surface area contributed by atoms with Gasteiger partial charge in [-0.2, -0.15) is 0 Å². The van der Waals surface area contributed by atoms with Crippen molar-refractivity contribution in [1.82, 2.24) is 0 Å². The lowest BCUT2D eigenvalue weighted by atomic mass is 10.0. The molecule has 0 N–H and O–H groups in total. The van der Waals surface area contributed by atoms with Crippen LogP contribution in [0.1, 0.15) is 24.2 Å². The Morgan fingerprint density at radius 3 is 2.20 bits per heavy atom. The van der Waals surface area contributed by atoms with Gasteiger partial charge in [0, 0.05) is 28.7 Å². The average Bonchev–Trinajstić information content (AvgIpc) is 2.81. The molecule has 148 valence electrons. The van der Waals surface area contributed by atoms with Gasteiger partial charge in [-0.1, -0.05) is 90.4 Å². The van der Waals surface area contributed by atoms with Gasteiger partial charge >= 0.3 is 0 Å². The second-order valence-electron chi connectivity index (χ2n) is 6.38. The van der Waals surface area contributed by atoms with E-state index in [4.69, 9.17) is 4.74 Å². The maximum Gasteiger partial charge on any atom is 0.116 e. The number of hydrogen-bond donors (Lipinski definition) is 0. The predicted molar refractivity (Wildman–Crippen MR) is 127 cm³/mol. The van der Waals surface area contributed by atoms with Gasteiger partial charge in [0.25, 0.3) is 0 Å². The number of hydrogen-bond acceptors (Lipinski definition) is 2. The van der Waals surface area contributed by atoms with Crippen LogP contribution in [0.5, 0.6) is 0 Å². The molecule has 0 bridgehead atoms. The first kappa shape index (κ1) is 21.5. The van der Waals surface area contributed by atoms with Crippen LogP contribution >= 0.6 is 11.8 Å². The van der Waals surface area contributed by atoms with E-state index in [1.807, 2.05) is 79.7 Å². The minimum absolute atomic E-state index is 0.226. The lowest BCUT2D eigenvalue weighted by Gasteiger charge is -2.17. The Hall–Kier alpha value is -3.17. The van der Waals surface area contributed by atoms with E-state index in [0.29, 0.717) is 12.4 Å². The number of benzene rings is 3. The smallest absolute Gasteiger partial charge is 0.116 e. The fourth-order valence-electron chi connectivity index (χ4n) is 2.83. The van der Waals surface area contributed by atoms with E-state index in [-0.39, 0.29) is 6.10 Å². The molecule has 30 heavy (non-hydrogen) atoms. The van der Waals surface area contributed by atoms with Gasteiger partial charge in [-0.05, 0) is 36.8 Å². The summed E-state index contributed by atoms with van der Waals surface area (Å²) in [6.07, 6.45) is 1.66. The SMILES string of the molecule is CCOC(/C(C#CCSc1ccccc1)=C/C#Cc1ccccc1)c1ccccc1. The molecule has 1 atom stereocenters. The average molecular weight is 409 g/mol. The van der Waals surface area contributed by atoms with Crippen molar-refractivity contribution >= 4 is 11.8 Å². The highest BCUT2D eigenvalue weighted by Crippen LogP contribution is 2.25. The zero-order valence-corrected chi connectivity index (χ0v) is 17.9. The molecule has 0 saturated heterocycles. The van der Waals surface area contributed by atoms with Gasteiger partial charge < -0.3 is 4.74 Å². The minimum Gasteiger partial charge on any atom is -0.368 e. The molecule has 0 aromatic heterocycles. The Morgan fingerprint density at radius 2 is 1.53 bits per heavy atom. The first-order valence-electron chi connectivity index (χ1n) is 9.96. The molecule has 2 heteroatoms. The summed E-state index contributed by atoms with van der Waals surface area (Å²) in [5, 5.41) is 0. The Kier molecular flexibility index (Phi) is 8.91. The highest BCUT2D eigenvalue weighted by atomic mass is 32.2. The summed E-state index contributed by atoms with van der Waals surface area (Å²) < 4.78 is 6.06. The molecule has 0 spiro atoms. The number of allylic oxidation sites excluding steroid dienone is 1. The van der Waals surface area contributed by atoms with E-state index in [9.17, 15) is 0 Å². The first-order chi connectivity index (χ1) is 14.9. The normalized spacial score (nSPS) is 11.6. The van der Waals surface area contributed by atoms with E-state index in [1.165, 1.54) is 4.90 Å². The van der Waals surface area contributed by atoms with E-state index >= 15 is 0 Å². The van der Waals surface area contributed by atoms with Crippen LogP contribution in [0.2, 0.25) is 0 Å². The zero-order chi connectivity index (χ0) is 20.9. The van der Waals surface area contributed by atoms with Crippen LogP contribution in [0.25, 0.3) is 0 Å². The molecule has 0 fully saturated rings. The largest absolute Gasteiger partial charge is 0.368 e. The number of ether oxygens (including phenoxy) is 1. The summed E-state index contributed by atoms with van der Waals surface area (Å²) in [5.74, 6) is 13.7. The van der Waals surface area contributed by atoms with Gasteiger partial charge in [-0.15, -0.1) is 11.8 Å². The van der Waals surface area contributed by atoms with Crippen molar-refractivity contribution < 1.29 is 4.74 Å². The molecule has 1 nitrogen and oxygen atoms in total. The highest BCUT2D eigenvalue weighted by Gasteiger charge is 2.15. The molecular formula is C28H24OS. The first-order valence-corrected chi connectivity index (χ1v) is 11.0. The van der Waals surface area contributed by atoms with Crippen molar-refractivity contribution in [2.24, 2.45) is 0 Å². The maximum absolute atomic E-state index is 6.06. The van der Waals surface area contributed by atoms with Crippen LogP contribution in [0, 0.1) is 23.7 Å². The lowest BCUT2D eigenvalue weighted by molar-refractivity contribution is 0.0917. The molecule has 3 aromatic carbocycles. The summed E-state index contributed by atoms with van der Waals surface area (Å²) in [5.41, 5.74) is 2.94. The van der Waals surface area contributed by atoms with Crippen LogP contribution in [0.15, 0.2) is 108 Å². The van der Waals surface area contributed by atoms with E-state index < -0.39 is 0 Å². The zero-order valence-electron chi connectivity index (χ0n) is 17.0. The molecule has 0 saturated carbocycles. The summed E-state index contributed by atoms with van der Waals surface area (Å²) in [4.78, 5) is 1.21. The van der Waals surface area contributed by atoms with Crippen LogP contribution in [-0.4, -0.2) is 12.4 Å². The number of thioether (sulfide) groups is 1.